The van der Waals surface area contributed by atoms with E-state index >= 15 is 0 Å². The van der Waals surface area contributed by atoms with Crippen LogP contribution in [0.2, 0.25) is 5.04 Å². The highest BCUT2D eigenvalue weighted by Crippen LogP contribution is 2.37. The van der Waals surface area contributed by atoms with Gasteiger partial charge in [-0.3, -0.25) is 0 Å². The second-order valence-electron chi connectivity index (χ2n) is 7.67. The van der Waals surface area contributed by atoms with Crippen molar-refractivity contribution >= 4 is 36.2 Å². The Hall–Kier alpha value is -2.21. The number of thiophene rings is 1. The summed E-state index contributed by atoms with van der Waals surface area (Å²) >= 11 is 1.69. The summed E-state index contributed by atoms with van der Waals surface area (Å²) in [4.78, 5) is 6.01. The van der Waals surface area contributed by atoms with Crippen molar-refractivity contribution in [2.45, 2.75) is 32.4 Å². The Morgan fingerprint density at radius 3 is 2.00 bits per heavy atom. The minimum absolute atomic E-state index is 0.0340. The van der Waals surface area contributed by atoms with E-state index in [0.29, 0.717) is 6.61 Å². The van der Waals surface area contributed by atoms with Crippen molar-refractivity contribution in [3.05, 3.63) is 82.6 Å². The summed E-state index contributed by atoms with van der Waals surface area (Å²) in [6, 6.07) is 23.5. The molecule has 0 amide bonds. The SMILES string of the molecule is CON=Cc1ccsc1CO[Si](c1ccccc1)(c1ccccc1)C(C)(C)C. The zero-order valence-corrected chi connectivity index (χ0v) is 18.7. The molecule has 0 unspecified atom stereocenters. The molecule has 0 spiro atoms. The molecule has 0 aliphatic heterocycles. The van der Waals surface area contributed by atoms with Gasteiger partial charge in [0.25, 0.3) is 8.32 Å². The first-order valence-electron chi connectivity index (χ1n) is 9.37. The van der Waals surface area contributed by atoms with Gasteiger partial charge < -0.3 is 9.26 Å². The second kappa shape index (κ2) is 8.86. The molecule has 3 aromatic rings. The lowest BCUT2D eigenvalue weighted by Gasteiger charge is -2.43. The number of hydrogen-bond donors (Lipinski definition) is 0. The zero-order valence-electron chi connectivity index (χ0n) is 16.9. The second-order valence-corrected chi connectivity index (χ2v) is 13.0. The van der Waals surface area contributed by atoms with Crippen molar-refractivity contribution in [1.82, 2.24) is 0 Å². The van der Waals surface area contributed by atoms with E-state index < -0.39 is 8.32 Å². The monoisotopic (exact) mass is 409 g/mol. The largest absolute Gasteiger partial charge is 0.402 e. The van der Waals surface area contributed by atoms with Gasteiger partial charge in [-0.05, 0) is 26.9 Å². The number of nitrogens with zero attached hydrogens (tertiary/aromatic N) is 1. The molecular formula is C23H27NO2SSi. The van der Waals surface area contributed by atoms with Gasteiger partial charge in [-0.1, -0.05) is 86.6 Å². The molecule has 3 nitrogen and oxygen atoms in total. The van der Waals surface area contributed by atoms with Crippen LogP contribution in [0.5, 0.6) is 0 Å². The molecule has 0 bridgehead atoms. The summed E-state index contributed by atoms with van der Waals surface area (Å²) in [5.74, 6) is 0. The van der Waals surface area contributed by atoms with Crippen LogP contribution < -0.4 is 10.4 Å². The molecule has 0 N–H and O–H groups in total. The van der Waals surface area contributed by atoms with Gasteiger partial charge in [0.2, 0.25) is 0 Å². The quantitative estimate of drug-likeness (QED) is 0.319. The van der Waals surface area contributed by atoms with Gasteiger partial charge in [0.1, 0.15) is 7.11 Å². The highest BCUT2D eigenvalue weighted by atomic mass is 32.1. The van der Waals surface area contributed by atoms with E-state index in [1.165, 1.54) is 10.4 Å². The van der Waals surface area contributed by atoms with E-state index in [0.717, 1.165) is 10.4 Å². The van der Waals surface area contributed by atoms with Crippen molar-refractivity contribution in [2.75, 3.05) is 7.11 Å². The van der Waals surface area contributed by atoms with Gasteiger partial charge in [0.15, 0.2) is 0 Å². The minimum atomic E-state index is -2.53. The van der Waals surface area contributed by atoms with Crippen LogP contribution >= 0.6 is 11.3 Å². The Labute approximate surface area is 172 Å². The molecule has 3 rings (SSSR count). The number of hydrogen-bond acceptors (Lipinski definition) is 4. The molecule has 0 fully saturated rings. The maximum atomic E-state index is 6.98. The average molecular weight is 410 g/mol. The first-order valence-corrected chi connectivity index (χ1v) is 12.2. The lowest BCUT2D eigenvalue weighted by Crippen LogP contribution is -2.66. The van der Waals surface area contributed by atoms with Crippen LogP contribution in [0.1, 0.15) is 31.2 Å². The lowest BCUT2D eigenvalue weighted by atomic mass is 10.2. The topological polar surface area (TPSA) is 30.8 Å². The Bertz CT molecular complexity index is 862. The molecule has 0 saturated heterocycles. The van der Waals surface area contributed by atoms with E-state index in [-0.39, 0.29) is 5.04 Å². The molecule has 0 radical (unpaired) electrons. The highest BCUT2D eigenvalue weighted by molar-refractivity contribution is 7.10. The smallest absolute Gasteiger partial charge is 0.261 e. The van der Waals surface area contributed by atoms with Crippen molar-refractivity contribution in [3.8, 4) is 0 Å². The fourth-order valence-corrected chi connectivity index (χ4v) is 9.01. The van der Waals surface area contributed by atoms with E-state index in [2.05, 4.69) is 98.0 Å². The third-order valence-electron chi connectivity index (χ3n) is 4.91. The maximum absolute atomic E-state index is 6.98. The van der Waals surface area contributed by atoms with Gasteiger partial charge in [0, 0.05) is 10.4 Å². The van der Waals surface area contributed by atoms with E-state index in [9.17, 15) is 0 Å². The first-order chi connectivity index (χ1) is 13.5. The standard InChI is InChI=1S/C23H27NO2SSi/c1-23(2,3)28(20-11-7-5-8-12-20,21-13-9-6-10-14-21)26-18-22-19(15-16-27-22)17-24-25-4/h5-17H,18H2,1-4H3. The summed E-state index contributed by atoms with van der Waals surface area (Å²) in [6.07, 6.45) is 1.75. The van der Waals surface area contributed by atoms with Crippen LogP contribution in [0.15, 0.2) is 77.3 Å². The first kappa shape index (κ1) is 20.5. The molecule has 0 aliphatic rings. The van der Waals surface area contributed by atoms with E-state index in [1.54, 1.807) is 24.7 Å². The van der Waals surface area contributed by atoms with Crippen molar-refractivity contribution in [1.29, 1.82) is 0 Å². The number of benzene rings is 2. The zero-order chi connectivity index (χ0) is 20.0. The third kappa shape index (κ3) is 4.11. The number of oxime groups is 1. The van der Waals surface area contributed by atoms with Crippen LogP contribution in [0.4, 0.5) is 0 Å². The van der Waals surface area contributed by atoms with Crippen molar-refractivity contribution in [3.63, 3.8) is 0 Å². The van der Waals surface area contributed by atoms with Crippen LogP contribution in [0.3, 0.4) is 0 Å². The van der Waals surface area contributed by atoms with Gasteiger partial charge in [-0.15, -0.1) is 11.3 Å². The van der Waals surface area contributed by atoms with Crippen LogP contribution in [0.25, 0.3) is 0 Å². The molecule has 146 valence electrons. The van der Waals surface area contributed by atoms with E-state index in [1.807, 2.05) is 0 Å². The normalized spacial score (nSPS) is 12.4. The minimum Gasteiger partial charge on any atom is -0.402 e. The average Bonchev–Trinajstić information content (AvgIpc) is 3.15. The van der Waals surface area contributed by atoms with Gasteiger partial charge in [-0.25, -0.2) is 0 Å². The molecule has 1 aromatic heterocycles. The molecule has 0 atom stereocenters. The summed E-state index contributed by atoms with van der Waals surface area (Å²) in [5.41, 5.74) is 1.05. The Morgan fingerprint density at radius 1 is 0.929 bits per heavy atom. The molecule has 1 heterocycles. The summed E-state index contributed by atoms with van der Waals surface area (Å²) in [7, 11) is -0.972. The van der Waals surface area contributed by atoms with Crippen molar-refractivity contribution < 1.29 is 9.26 Å². The number of rotatable bonds is 7. The molecule has 0 saturated carbocycles. The summed E-state index contributed by atoms with van der Waals surface area (Å²) in [6.45, 7) is 7.43. The summed E-state index contributed by atoms with van der Waals surface area (Å²) in [5, 5.41) is 8.54. The Morgan fingerprint density at radius 2 is 1.50 bits per heavy atom. The highest BCUT2D eigenvalue weighted by Gasteiger charge is 2.50. The molecule has 5 heteroatoms. The predicted molar refractivity (Wildman–Crippen MR) is 121 cm³/mol. The fraction of sp³-hybridized carbons (Fsp3) is 0.261. The third-order valence-corrected chi connectivity index (χ3v) is 10.8. The van der Waals surface area contributed by atoms with Crippen LogP contribution in [0, 0.1) is 0 Å². The van der Waals surface area contributed by atoms with Crippen LogP contribution in [-0.4, -0.2) is 21.6 Å². The van der Waals surface area contributed by atoms with E-state index in [4.69, 9.17) is 9.26 Å². The lowest BCUT2D eigenvalue weighted by molar-refractivity contribution is 0.215. The Balaban J connectivity index is 2.07. The maximum Gasteiger partial charge on any atom is 0.261 e. The molecular weight excluding hydrogens is 382 g/mol. The summed E-state index contributed by atoms with van der Waals surface area (Å²) < 4.78 is 6.98. The Kier molecular flexibility index (Phi) is 6.49. The predicted octanol–water partition coefficient (Wildman–Crippen LogP) is 4.81. The van der Waals surface area contributed by atoms with Gasteiger partial charge in [0.05, 0.1) is 12.8 Å². The fourth-order valence-electron chi connectivity index (χ4n) is 3.63. The molecule has 2 aromatic carbocycles. The molecule has 0 aliphatic carbocycles. The van der Waals surface area contributed by atoms with Crippen molar-refractivity contribution in [2.24, 2.45) is 5.16 Å². The van der Waals surface area contributed by atoms with Gasteiger partial charge >= 0.3 is 0 Å². The van der Waals surface area contributed by atoms with Crippen LogP contribution in [-0.2, 0) is 15.9 Å². The molecule has 28 heavy (non-hydrogen) atoms. The van der Waals surface area contributed by atoms with Gasteiger partial charge in [-0.2, -0.15) is 0 Å².